The number of imidazole rings is 1. The monoisotopic (exact) mass is 471 g/mol. The zero-order valence-electron chi connectivity index (χ0n) is 18.2. The molecule has 4 heterocycles. The van der Waals surface area contributed by atoms with Gasteiger partial charge in [0, 0.05) is 37.1 Å². The highest BCUT2D eigenvalue weighted by Crippen LogP contribution is 2.28. The minimum Gasteiger partial charge on any atom is -0.444 e. The number of amides is 2. The number of nitrogens with zero attached hydrogens (tertiary/aromatic N) is 4. The number of carbonyl (C=O) groups excluding carboxylic acids is 2. The third-order valence-electron chi connectivity index (χ3n) is 4.60. The van der Waals surface area contributed by atoms with Gasteiger partial charge in [0.1, 0.15) is 10.4 Å². The van der Waals surface area contributed by atoms with Crippen LogP contribution in [0.25, 0.3) is 15.3 Å². The summed E-state index contributed by atoms with van der Waals surface area (Å²) in [4.78, 5) is 38.0. The number of thiophene rings is 1. The Morgan fingerprint density at radius 2 is 2.16 bits per heavy atom. The molecule has 2 amide bonds. The second-order valence-electron chi connectivity index (χ2n) is 8.34. The molecule has 4 aromatic heterocycles. The topological polar surface area (TPSA) is 88.8 Å². The molecule has 0 aromatic carbocycles. The maximum absolute atomic E-state index is 12.7. The van der Waals surface area contributed by atoms with E-state index in [1.807, 2.05) is 54.9 Å². The van der Waals surface area contributed by atoms with E-state index in [0.29, 0.717) is 30.9 Å². The number of rotatable bonds is 7. The summed E-state index contributed by atoms with van der Waals surface area (Å²) >= 11 is 2.95. The van der Waals surface area contributed by atoms with E-state index in [0.717, 1.165) is 20.9 Å². The number of thiazole rings is 1. The molecule has 0 unspecified atom stereocenters. The van der Waals surface area contributed by atoms with E-state index in [4.69, 9.17) is 4.74 Å². The van der Waals surface area contributed by atoms with Crippen molar-refractivity contribution in [1.82, 2.24) is 24.6 Å². The van der Waals surface area contributed by atoms with E-state index in [9.17, 15) is 9.59 Å². The van der Waals surface area contributed by atoms with E-state index >= 15 is 0 Å². The van der Waals surface area contributed by atoms with E-state index in [1.54, 1.807) is 28.6 Å². The van der Waals surface area contributed by atoms with Crippen LogP contribution in [-0.4, -0.2) is 50.0 Å². The van der Waals surface area contributed by atoms with E-state index in [1.165, 1.54) is 11.3 Å². The third kappa shape index (κ3) is 5.25. The predicted octanol–water partition coefficient (Wildman–Crippen LogP) is 4.56. The number of aromatic nitrogens is 3. The molecule has 0 aliphatic heterocycles. The molecular weight excluding hydrogens is 446 g/mol. The SMILES string of the molecule is CC(C)(C)OC(=O)N(CCCNC(=O)c1cc2c(nc3sccn32)s1)Cc1cccnc1. The first kappa shape index (κ1) is 22.2. The zero-order valence-corrected chi connectivity index (χ0v) is 19.8. The summed E-state index contributed by atoms with van der Waals surface area (Å²) in [5, 5.41) is 4.92. The summed E-state index contributed by atoms with van der Waals surface area (Å²) in [6, 6.07) is 5.63. The van der Waals surface area contributed by atoms with Crippen LogP contribution in [0.2, 0.25) is 0 Å². The van der Waals surface area contributed by atoms with Crippen molar-refractivity contribution in [1.29, 1.82) is 0 Å². The highest BCUT2D eigenvalue weighted by Gasteiger charge is 2.22. The molecule has 0 saturated heterocycles. The number of ether oxygens (including phenoxy) is 1. The molecule has 0 atom stereocenters. The average molecular weight is 472 g/mol. The zero-order chi connectivity index (χ0) is 22.7. The minimum absolute atomic E-state index is 0.131. The molecule has 0 saturated carbocycles. The predicted molar refractivity (Wildman–Crippen MR) is 126 cm³/mol. The van der Waals surface area contributed by atoms with Gasteiger partial charge in [-0.3, -0.25) is 14.2 Å². The molecule has 0 aliphatic carbocycles. The van der Waals surface area contributed by atoms with Gasteiger partial charge in [-0.15, -0.1) is 22.7 Å². The van der Waals surface area contributed by atoms with Crippen LogP contribution in [0.4, 0.5) is 4.79 Å². The number of hydrogen-bond acceptors (Lipinski definition) is 7. The van der Waals surface area contributed by atoms with Crippen molar-refractivity contribution in [2.24, 2.45) is 0 Å². The van der Waals surface area contributed by atoms with Crippen LogP contribution in [0.5, 0.6) is 0 Å². The quantitative estimate of drug-likeness (QED) is 0.399. The van der Waals surface area contributed by atoms with Crippen LogP contribution in [0.3, 0.4) is 0 Å². The first-order valence-electron chi connectivity index (χ1n) is 10.3. The van der Waals surface area contributed by atoms with Gasteiger partial charge >= 0.3 is 6.09 Å². The van der Waals surface area contributed by atoms with Crippen molar-refractivity contribution in [3.63, 3.8) is 0 Å². The van der Waals surface area contributed by atoms with Crippen molar-refractivity contribution in [3.05, 3.63) is 52.6 Å². The van der Waals surface area contributed by atoms with Gasteiger partial charge in [0.25, 0.3) is 5.91 Å². The lowest BCUT2D eigenvalue weighted by Crippen LogP contribution is -2.38. The van der Waals surface area contributed by atoms with Crippen molar-refractivity contribution in [2.75, 3.05) is 13.1 Å². The molecular formula is C22H25N5O3S2. The maximum atomic E-state index is 12.7. The Hall–Kier alpha value is -2.98. The number of pyridine rings is 1. The summed E-state index contributed by atoms with van der Waals surface area (Å²) in [7, 11) is 0. The Morgan fingerprint density at radius 3 is 2.91 bits per heavy atom. The molecule has 168 valence electrons. The second kappa shape index (κ2) is 9.25. The van der Waals surface area contributed by atoms with Gasteiger partial charge < -0.3 is 15.0 Å². The lowest BCUT2D eigenvalue weighted by Gasteiger charge is -2.27. The highest BCUT2D eigenvalue weighted by molar-refractivity contribution is 7.21. The third-order valence-corrected chi connectivity index (χ3v) is 6.38. The average Bonchev–Trinajstić information content (AvgIpc) is 3.42. The Morgan fingerprint density at radius 1 is 1.31 bits per heavy atom. The summed E-state index contributed by atoms with van der Waals surface area (Å²) in [6.45, 7) is 6.83. The fourth-order valence-corrected chi connectivity index (χ4v) is 4.91. The molecule has 0 radical (unpaired) electrons. The van der Waals surface area contributed by atoms with Crippen LogP contribution in [0, 0.1) is 0 Å². The lowest BCUT2D eigenvalue weighted by atomic mass is 10.2. The standard InChI is InChI=1S/C22H25N5O3S2/c1-22(2,3)30-21(29)26(14-15-6-4-7-23-13-15)9-5-8-24-18(28)17-12-16-19(32-17)25-20-27(16)10-11-31-20/h4,6-7,10-13H,5,8-9,14H2,1-3H3,(H,24,28). The first-order valence-corrected chi connectivity index (χ1v) is 12.0. The molecule has 32 heavy (non-hydrogen) atoms. The van der Waals surface area contributed by atoms with Crippen LogP contribution in [-0.2, 0) is 11.3 Å². The summed E-state index contributed by atoms with van der Waals surface area (Å²) < 4.78 is 7.54. The number of hydrogen-bond donors (Lipinski definition) is 1. The molecule has 0 fully saturated rings. The Balaban J connectivity index is 1.33. The van der Waals surface area contributed by atoms with Crippen molar-refractivity contribution in [2.45, 2.75) is 39.3 Å². The molecule has 4 rings (SSSR count). The number of fused-ring (bicyclic) bond motifs is 3. The van der Waals surface area contributed by atoms with E-state index < -0.39 is 5.60 Å². The lowest BCUT2D eigenvalue weighted by molar-refractivity contribution is 0.0232. The fraction of sp³-hybridized carbons (Fsp3) is 0.364. The maximum Gasteiger partial charge on any atom is 0.410 e. The van der Waals surface area contributed by atoms with Crippen molar-refractivity contribution >= 4 is 50.0 Å². The van der Waals surface area contributed by atoms with Crippen molar-refractivity contribution < 1.29 is 14.3 Å². The van der Waals surface area contributed by atoms with E-state index in [2.05, 4.69) is 15.3 Å². The summed E-state index contributed by atoms with van der Waals surface area (Å²) in [5.74, 6) is -0.131. The molecule has 0 aliphatic rings. The first-order chi connectivity index (χ1) is 15.3. The smallest absolute Gasteiger partial charge is 0.410 e. The van der Waals surface area contributed by atoms with E-state index in [-0.39, 0.29) is 12.0 Å². The van der Waals surface area contributed by atoms with Gasteiger partial charge in [-0.1, -0.05) is 6.07 Å². The van der Waals surface area contributed by atoms with Gasteiger partial charge in [0.2, 0.25) is 0 Å². The van der Waals surface area contributed by atoms with Gasteiger partial charge in [-0.2, -0.15) is 0 Å². The van der Waals surface area contributed by atoms with Crippen LogP contribution in [0.1, 0.15) is 42.4 Å². The minimum atomic E-state index is -0.580. The van der Waals surface area contributed by atoms with Crippen LogP contribution in [0.15, 0.2) is 42.2 Å². The van der Waals surface area contributed by atoms with Crippen LogP contribution >= 0.6 is 22.7 Å². The molecule has 0 spiro atoms. The van der Waals surface area contributed by atoms with Gasteiger partial charge in [0.05, 0.1) is 16.9 Å². The largest absolute Gasteiger partial charge is 0.444 e. The molecule has 8 nitrogen and oxygen atoms in total. The molecule has 10 heteroatoms. The van der Waals surface area contributed by atoms with Crippen molar-refractivity contribution in [3.8, 4) is 0 Å². The van der Waals surface area contributed by atoms with Gasteiger partial charge in [0.15, 0.2) is 4.96 Å². The molecule has 0 bridgehead atoms. The Labute approximate surface area is 193 Å². The molecule has 1 N–H and O–H groups in total. The normalized spacial score (nSPS) is 11.7. The van der Waals surface area contributed by atoms with Crippen LogP contribution < -0.4 is 5.32 Å². The number of nitrogens with one attached hydrogen (secondary N) is 1. The van der Waals surface area contributed by atoms with Gasteiger partial charge in [-0.05, 0) is 44.9 Å². The Kier molecular flexibility index (Phi) is 6.43. The molecule has 4 aromatic rings. The second-order valence-corrected chi connectivity index (χ2v) is 10.2. The number of carbonyl (C=O) groups is 2. The highest BCUT2D eigenvalue weighted by atomic mass is 32.1. The fourth-order valence-electron chi connectivity index (χ4n) is 3.19. The summed E-state index contributed by atoms with van der Waals surface area (Å²) in [6.07, 6.45) is 5.60. The van der Waals surface area contributed by atoms with Gasteiger partial charge in [-0.25, -0.2) is 9.78 Å². The summed E-state index contributed by atoms with van der Waals surface area (Å²) in [5.41, 5.74) is 1.29. The Bertz CT molecular complexity index is 1220.